The molecule has 0 amide bonds. The first-order chi connectivity index (χ1) is 21.2. The molecule has 0 aliphatic carbocycles. The van der Waals surface area contributed by atoms with E-state index in [4.69, 9.17) is 9.90 Å². The number of aromatic nitrogens is 3. The van der Waals surface area contributed by atoms with Crippen LogP contribution in [0.3, 0.4) is 0 Å². The van der Waals surface area contributed by atoms with Gasteiger partial charge in [-0.15, -0.1) is 0 Å². The van der Waals surface area contributed by atoms with Crippen molar-refractivity contribution in [3.8, 4) is 11.3 Å². The predicted molar refractivity (Wildman–Crippen MR) is 171 cm³/mol. The second-order valence-electron chi connectivity index (χ2n) is 9.95. The molecule has 0 aliphatic rings. The molecule has 0 fully saturated rings. The summed E-state index contributed by atoms with van der Waals surface area (Å²) in [5.41, 5.74) is 4.62. The molecule has 0 unspecified atom stereocenters. The molecule has 0 atom stereocenters. The summed E-state index contributed by atoms with van der Waals surface area (Å²) in [7, 11) is -4.06. The molecule has 0 bridgehead atoms. The van der Waals surface area contributed by atoms with Crippen molar-refractivity contribution in [2.45, 2.75) is 32.2 Å². The summed E-state index contributed by atoms with van der Waals surface area (Å²) in [6.07, 6.45) is 3.64. The van der Waals surface area contributed by atoms with E-state index in [0.29, 0.717) is 22.8 Å². The zero-order chi connectivity index (χ0) is 31.7. The molecule has 3 N–H and O–H groups in total. The highest BCUT2D eigenvalue weighted by Crippen LogP contribution is 2.27. The number of benzene rings is 3. The molecule has 5 aromatic rings. The fourth-order valence-electron chi connectivity index (χ4n) is 4.73. The fourth-order valence-corrected chi connectivity index (χ4v) is 5.85. The van der Waals surface area contributed by atoms with Gasteiger partial charge in [0.25, 0.3) is 16.5 Å². The van der Waals surface area contributed by atoms with Crippen LogP contribution in [0.2, 0.25) is 0 Å². The van der Waals surface area contributed by atoms with Gasteiger partial charge in [-0.2, -0.15) is 0 Å². The highest BCUT2D eigenvalue weighted by atomic mass is 32.2. The summed E-state index contributed by atoms with van der Waals surface area (Å²) >= 11 is 0. The zero-order valence-electron chi connectivity index (χ0n) is 24.7. The number of nitrogens with zero attached hydrogens (tertiary/aromatic N) is 4. The Morgan fingerprint density at radius 2 is 1.66 bits per heavy atom. The van der Waals surface area contributed by atoms with Gasteiger partial charge < -0.3 is 19.9 Å². The summed E-state index contributed by atoms with van der Waals surface area (Å²) in [4.78, 5) is 19.2. The third-order valence-corrected chi connectivity index (χ3v) is 8.49. The Morgan fingerprint density at radius 1 is 0.955 bits per heavy atom. The molecule has 0 spiro atoms. The molecule has 0 saturated carbocycles. The Labute approximate surface area is 256 Å². The fraction of sp³-hybridized carbons (Fsp3) is 0.219. The maximum atomic E-state index is 14.2. The lowest BCUT2D eigenvalue weighted by atomic mass is 10.1. The van der Waals surface area contributed by atoms with E-state index in [1.165, 1.54) is 24.0 Å². The molecule has 2 aromatic heterocycles. The standard InChI is InChI=1S/C31H33FN6O2S.CH2O2/c1-4-37(5-2)16-17-38-15-14-24-19-23(7-12-29(24)38)28-20-31(34-21-33-28)35-25-8-10-26(11-9-25)36-41(39,40)30-13-6-22(3)18-27(30)32;2-1-3/h6-15,18-21,36H,4-5,16-17H2,1-3H3,(H,33,34,35);1H,(H,2,3). The number of hydrogen-bond donors (Lipinski definition) is 3. The van der Waals surface area contributed by atoms with Gasteiger partial charge in [0.15, 0.2) is 0 Å². The van der Waals surface area contributed by atoms with E-state index in [1.54, 1.807) is 37.3 Å². The maximum absolute atomic E-state index is 14.2. The van der Waals surface area contributed by atoms with E-state index >= 15 is 0 Å². The minimum absolute atomic E-state index is 0.250. The third kappa shape index (κ3) is 7.97. The molecule has 0 radical (unpaired) electrons. The van der Waals surface area contributed by atoms with E-state index < -0.39 is 20.7 Å². The number of rotatable bonds is 11. The number of hydrogen-bond acceptors (Lipinski definition) is 7. The topological polar surface area (TPSA) is 129 Å². The van der Waals surface area contributed by atoms with Gasteiger partial charge in [-0.25, -0.2) is 22.8 Å². The van der Waals surface area contributed by atoms with E-state index in [-0.39, 0.29) is 6.47 Å². The monoisotopic (exact) mass is 618 g/mol. The number of carboxylic acid groups (broad SMARTS) is 1. The second kappa shape index (κ2) is 14.6. The van der Waals surface area contributed by atoms with E-state index in [9.17, 15) is 12.8 Å². The van der Waals surface area contributed by atoms with E-state index in [2.05, 4.69) is 73.8 Å². The van der Waals surface area contributed by atoms with Crippen LogP contribution in [0.15, 0.2) is 90.2 Å². The Bertz CT molecular complexity index is 1820. The normalized spacial score (nSPS) is 11.2. The summed E-state index contributed by atoms with van der Waals surface area (Å²) < 4.78 is 44.3. The number of halogens is 1. The predicted octanol–water partition coefficient (Wildman–Crippen LogP) is 6.13. The number of aryl methyl sites for hydroxylation is 1. The van der Waals surface area contributed by atoms with Crippen molar-refractivity contribution in [3.05, 3.63) is 96.7 Å². The Hall–Kier alpha value is -4.81. The van der Waals surface area contributed by atoms with Gasteiger partial charge in [0, 0.05) is 53.2 Å². The van der Waals surface area contributed by atoms with Gasteiger partial charge >= 0.3 is 0 Å². The van der Waals surface area contributed by atoms with E-state index in [0.717, 1.165) is 42.8 Å². The Balaban J connectivity index is 0.00000141. The summed E-state index contributed by atoms with van der Waals surface area (Å²) in [5.74, 6) is -0.190. The first-order valence-electron chi connectivity index (χ1n) is 14.0. The van der Waals surface area contributed by atoms with Crippen LogP contribution < -0.4 is 10.0 Å². The van der Waals surface area contributed by atoms with Crippen molar-refractivity contribution in [2.24, 2.45) is 0 Å². The number of likely N-dealkylation sites (N-methyl/N-ethyl adjacent to an activating group) is 1. The van der Waals surface area contributed by atoms with Crippen LogP contribution in [0.5, 0.6) is 0 Å². The molecule has 3 aromatic carbocycles. The summed E-state index contributed by atoms with van der Waals surface area (Å²) in [6.45, 7) is 9.86. The molecule has 0 saturated heterocycles. The van der Waals surface area contributed by atoms with Gasteiger partial charge in [0.2, 0.25) is 0 Å². The number of sulfonamides is 1. The molecule has 5 rings (SSSR count). The summed E-state index contributed by atoms with van der Waals surface area (Å²) in [5, 5.41) is 11.3. The summed E-state index contributed by atoms with van der Waals surface area (Å²) in [6, 6.07) is 21.0. The average molecular weight is 619 g/mol. The highest BCUT2D eigenvalue weighted by molar-refractivity contribution is 7.92. The first-order valence-corrected chi connectivity index (χ1v) is 15.5. The van der Waals surface area contributed by atoms with Crippen molar-refractivity contribution in [1.29, 1.82) is 0 Å². The average Bonchev–Trinajstić information content (AvgIpc) is 3.41. The minimum atomic E-state index is -4.06. The lowest BCUT2D eigenvalue weighted by Crippen LogP contribution is -2.26. The molecule has 10 nitrogen and oxygen atoms in total. The van der Waals surface area contributed by atoms with Crippen LogP contribution in [-0.2, 0) is 21.4 Å². The third-order valence-electron chi connectivity index (χ3n) is 7.07. The lowest BCUT2D eigenvalue weighted by Gasteiger charge is -2.18. The van der Waals surface area contributed by atoms with Crippen LogP contribution in [0.25, 0.3) is 22.2 Å². The van der Waals surface area contributed by atoms with E-state index in [1.807, 2.05) is 6.07 Å². The number of anilines is 3. The van der Waals surface area contributed by atoms with Crippen molar-refractivity contribution >= 4 is 44.6 Å². The quantitative estimate of drug-likeness (QED) is 0.151. The number of fused-ring (bicyclic) bond motifs is 1. The molecule has 12 heteroatoms. The Kier molecular flexibility index (Phi) is 10.6. The largest absolute Gasteiger partial charge is 0.483 e. The maximum Gasteiger partial charge on any atom is 0.290 e. The second-order valence-corrected chi connectivity index (χ2v) is 11.6. The molecular formula is C32H35FN6O4S. The van der Waals surface area contributed by atoms with Crippen LogP contribution in [-0.4, -0.2) is 59.1 Å². The first kappa shape index (κ1) is 32.1. The number of carbonyl (C=O) groups is 1. The van der Waals surface area contributed by atoms with Gasteiger partial charge in [-0.3, -0.25) is 9.52 Å². The van der Waals surface area contributed by atoms with Gasteiger partial charge in [-0.05, 0) is 80.2 Å². The lowest BCUT2D eigenvalue weighted by molar-refractivity contribution is -0.122. The smallest absolute Gasteiger partial charge is 0.290 e. The molecule has 2 heterocycles. The number of nitrogens with one attached hydrogen (secondary N) is 2. The van der Waals surface area contributed by atoms with Gasteiger partial charge in [0.1, 0.15) is 22.9 Å². The zero-order valence-corrected chi connectivity index (χ0v) is 25.6. The van der Waals surface area contributed by atoms with Crippen molar-refractivity contribution < 1.29 is 22.7 Å². The van der Waals surface area contributed by atoms with Crippen LogP contribution in [0.4, 0.5) is 21.6 Å². The molecular weight excluding hydrogens is 583 g/mol. The highest BCUT2D eigenvalue weighted by Gasteiger charge is 2.19. The van der Waals surface area contributed by atoms with Crippen molar-refractivity contribution in [2.75, 3.05) is 29.7 Å². The van der Waals surface area contributed by atoms with Gasteiger partial charge in [-0.1, -0.05) is 26.0 Å². The molecule has 0 aliphatic heterocycles. The van der Waals surface area contributed by atoms with Crippen LogP contribution in [0.1, 0.15) is 19.4 Å². The molecule has 44 heavy (non-hydrogen) atoms. The molecule has 230 valence electrons. The van der Waals surface area contributed by atoms with Crippen molar-refractivity contribution in [1.82, 2.24) is 19.4 Å². The van der Waals surface area contributed by atoms with Crippen LogP contribution >= 0.6 is 0 Å². The van der Waals surface area contributed by atoms with Crippen molar-refractivity contribution in [3.63, 3.8) is 0 Å². The Morgan fingerprint density at radius 3 is 2.34 bits per heavy atom. The van der Waals surface area contributed by atoms with Crippen LogP contribution in [0, 0.1) is 12.7 Å². The minimum Gasteiger partial charge on any atom is -0.483 e. The SMILES string of the molecule is CCN(CC)CCn1ccc2cc(-c3cc(Nc4ccc(NS(=O)(=O)c5ccc(C)cc5F)cc4)ncn3)ccc21.O=CO. The van der Waals surface area contributed by atoms with Gasteiger partial charge in [0.05, 0.1) is 5.69 Å².